The van der Waals surface area contributed by atoms with Crippen molar-refractivity contribution in [3.63, 3.8) is 0 Å². The Hall–Kier alpha value is -2.10. The van der Waals surface area contributed by atoms with Crippen LogP contribution in [0.25, 0.3) is 0 Å². The lowest BCUT2D eigenvalue weighted by Gasteiger charge is -2.19. The van der Waals surface area contributed by atoms with Gasteiger partial charge in [-0.25, -0.2) is 8.78 Å². The van der Waals surface area contributed by atoms with Crippen molar-refractivity contribution in [2.24, 2.45) is 0 Å². The largest absolute Gasteiger partial charge is 0.496 e. The Bertz CT molecular complexity index is 593. The highest BCUT2D eigenvalue weighted by atomic mass is 19.1. The van der Waals surface area contributed by atoms with Gasteiger partial charge >= 0.3 is 0 Å². The Labute approximate surface area is 117 Å². The van der Waals surface area contributed by atoms with Crippen molar-refractivity contribution in [2.45, 2.75) is 19.9 Å². The molecule has 0 saturated carbocycles. The first-order valence-electron chi connectivity index (χ1n) is 6.38. The Morgan fingerprint density at radius 3 is 2.35 bits per heavy atom. The van der Waals surface area contributed by atoms with Crippen molar-refractivity contribution in [2.75, 3.05) is 12.4 Å². The second-order valence-electron chi connectivity index (χ2n) is 4.71. The highest BCUT2D eigenvalue weighted by molar-refractivity contribution is 5.50. The van der Waals surface area contributed by atoms with Crippen LogP contribution in [0.15, 0.2) is 36.4 Å². The highest BCUT2D eigenvalue weighted by Crippen LogP contribution is 2.30. The first-order valence-corrected chi connectivity index (χ1v) is 6.38. The first kappa shape index (κ1) is 14.3. The van der Waals surface area contributed by atoms with Crippen LogP contribution in [-0.4, -0.2) is 7.11 Å². The van der Waals surface area contributed by atoms with E-state index in [1.807, 2.05) is 32.0 Å². The van der Waals surface area contributed by atoms with Crippen LogP contribution in [0.1, 0.15) is 24.1 Å². The van der Waals surface area contributed by atoms with E-state index in [-0.39, 0.29) is 11.7 Å². The summed E-state index contributed by atoms with van der Waals surface area (Å²) in [4.78, 5) is 0. The molecular formula is C16H17F2NO. The van der Waals surface area contributed by atoms with Crippen LogP contribution in [0.3, 0.4) is 0 Å². The van der Waals surface area contributed by atoms with Gasteiger partial charge in [0.1, 0.15) is 23.1 Å². The molecule has 0 amide bonds. The van der Waals surface area contributed by atoms with E-state index < -0.39 is 11.6 Å². The number of methoxy groups -OCH3 is 1. The standard InChI is InChI=1S/C16H17F2NO/c1-10-7-8-12(15(9-10)20-3)11(2)19-16-13(17)5-4-6-14(16)18/h4-9,11,19H,1-3H3. The van der Waals surface area contributed by atoms with Crippen LogP contribution >= 0.6 is 0 Å². The van der Waals surface area contributed by atoms with Crippen molar-refractivity contribution in [3.8, 4) is 5.75 Å². The molecule has 0 radical (unpaired) electrons. The number of hydrogen-bond donors (Lipinski definition) is 1. The molecule has 0 fully saturated rings. The van der Waals surface area contributed by atoms with Crippen molar-refractivity contribution in [3.05, 3.63) is 59.2 Å². The lowest BCUT2D eigenvalue weighted by atomic mass is 10.0. The molecule has 0 spiro atoms. The van der Waals surface area contributed by atoms with Crippen LogP contribution in [0, 0.1) is 18.6 Å². The maximum atomic E-state index is 13.6. The second-order valence-corrected chi connectivity index (χ2v) is 4.71. The molecule has 0 saturated heterocycles. The van der Waals surface area contributed by atoms with Crippen LogP contribution in [-0.2, 0) is 0 Å². The minimum atomic E-state index is -0.608. The summed E-state index contributed by atoms with van der Waals surface area (Å²) in [5.74, 6) is -0.521. The predicted molar refractivity (Wildman–Crippen MR) is 76.1 cm³/mol. The van der Waals surface area contributed by atoms with Gasteiger partial charge in [0, 0.05) is 5.56 Å². The number of aryl methyl sites for hydroxylation is 1. The van der Waals surface area contributed by atoms with Crippen LogP contribution < -0.4 is 10.1 Å². The molecule has 2 aromatic carbocycles. The molecule has 4 heteroatoms. The maximum absolute atomic E-state index is 13.6. The molecule has 0 aliphatic carbocycles. The van der Waals surface area contributed by atoms with Crippen molar-refractivity contribution in [1.29, 1.82) is 0 Å². The highest BCUT2D eigenvalue weighted by Gasteiger charge is 2.15. The minimum Gasteiger partial charge on any atom is -0.496 e. The molecule has 1 atom stereocenters. The van der Waals surface area contributed by atoms with Gasteiger partial charge in [0.2, 0.25) is 0 Å². The lowest BCUT2D eigenvalue weighted by molar-refractivity contribution is 0.407. The fourth-order valence-electron chi connectivity index (χ4n) is 2.11. The van der Waals surface area contributed by atoms with E-state index in [1.165, 1.54) is 18.2 Å². The number of nitrogens with one attached hydrogen (secondary N) is 1. The number of ether oxygens (including phenoxy) is 1. The first-order chi connectivity index (χ1) is 9.52. The van der Waals surface area contributed by atoms with Crippen LogP contribution in [0.2, 0.25) is 0 Å². The van der Waals surface area contributed by atoms with Gasteiger partial charge in [-0.1, -0.05) is 18.2 Å². The van der Waals surface area contributed by atoms with Gasteiger partial charge in [-0.3, -0.25) is 0 Å². The molecule has 2 nitrogen and oxygen atoms in total. The monoisotopic (exact) mass is 277 g/mol. The van der Waals surface area contributed by atoms with E-state index in [1.54, 1.807) is 7.11 Å². The third-order valence-corrected chi connectivity index (χ3v) is 3.18. The normalized spacial score (nSPS) is 12.1. The Morgan fingerprint density at radius 1 is 1.10 bits per heavy atom. The zero-order valence-corrected chi connectivity index (χ0v) is 11.7. The summed E-state index contributed by atoms with van der Waals surface area (Å²) in [7, 11) is 1.58. The SMILES string of the molecule is COc1cc(C)ccc1C(C)Nc1c(F)cccc1F. The number of para-hydroxylation sites is 1. The molecule has 0 aliphatic heterocycles. The average Bonchev–Trinajstić information content (AvgIpc) is 2.42. The van der Waals surface area contributed by atoms with Crippen molar-refractivity contribution >= 4 is 5.69 Å². The molecule has 0 aliphatic rings. The van der Waals surface area contributed by atoms with E-state index >= 15 is 0 Å². The summed E-state index contributed by atoms with van der Waals surface area (Å²) >= 11 is 0. The summed E-state index contributed by atoms with van der Waals surface area (Å²) in [6.45, 7) is 3.79. The number of halogens is 2. The van der Waals surface area contributed by atoms with Gasteiger partial charge in [0.15, 0.2) is 0 Å². The summed E-state index contributed by atoms with van der Waals surface area (Å²) in [5, 5.41) is 2.86. The van der Waals surface area contributed by atoms with Gasteiger partial charge in [0.25, 0.3) is 0 Å². The smallest absolute Gasteiger partial charge is 0.149 e. The zero-order chi connectivity index (χ0) is 14.7. The average molecular weight is 277 g/mol. The van der Waals surface area contributed by atoms with E-state index in [2.05, 4.69) is 5.32 Å². The molecule has 1 N–H and O–H groups in total. The van der Waals surface area contributed by atoms with Crippen LogP contribution in [0.4, 0.5) is 14.5 Å². The summed E-state index contributed by atoms with van der Waals surface area (Å²) in [5.41, 5.74) is 1.79. The molecule has 0 bridgehead atoms. The quantitative estimate of drug-likeness (QED) is 0.891. The molecule has 2 aromatic rings. The number of hydrogen-bond acceptors (Lipinski definition) is 2. The third-order valence-electron chi connectivity index (χ3n) is 3.18. The molecule has 1 unspecified atom stereocenters. The van der Waals surface area contributed by atoms with Crippen molar-refractivity contribution < 1.29 is 13.5 Å². The Kier molecular flexibility index (Phi) is 4.23. The minimum absolute atomic E-state index is 0.123. The van der Waals surface area contributed by atoms with Crippen molar-refractivity contribution in [1.82, 2.24) is 0 Å². The predicted octanol–water partition coefficient (Wildman–Crippen LogP) is 4.45. The van der Waals surface area contributed by atoms with E-state index in [0.29, 0.717) is 5.75 Å². The van der Waals surface area contributed by atoms with E-state index in [9.17, 15) is 8.78 Å². The fraction of sp³-hybridized carbons (Fsp3) is 0.250. The van der Waals surface area contributed by atoms with Gasteiger partial charge in [-0.2, -0.15) is 0 Å². The van der Waals surface area contributed by atoms with Gasteiger partial charge in [0.05, 0.1) is 13.2 Å². The molecule has 2 rings (SSSR count). The summed E-state index contributed by atoms with van der Waals surface area (Å²) in [6.07, 6.45) is 0. The molecule has 106 valence electrons. The Balaban J connectivity index is 2.31. The van der Waals surface area contributed by atoms with E-state index in [0.717, 1.165) is 11.1 Å². The van der Waals surface area contributed by atoms with Gasteiger partial charge in [-0.15, -0.1) is 0 Å². The summed E-state index contributed by atoms with van der Waals surface area (Å²) < 4.78 is 32.6. The van der Waals surface area contributed by atoms with Gasteiger partial charge < -0.3 is 10.1 Å². The fourth-order valence-corrected chi connectivity index (χ4v) is 2.11. The lowest BCUT2D eigenvalue weighted by Crippen LogP contribution is -2.11. The van der Waals surface area contributed by atoms with E-state index in [4.69, 9.17) is 4.74 Å². The topological polar surface area (TPSA) is 21.3 Å². The second kappa shape index (κ2) is 5.90. The number of anilines is 1. The molecule has 0 aromatic heterocycles. The Morgan fingerprint density at radius 2 is 1.75 bits per heavy atom. The summed E-state index contributed by atoms with van der Waals surface area (Å²) in [6, 6.07) is 9.24. The van der Waals surface area contributed by atoms with Crippen LogP contribution in [0.5, 0.6) is 5.75 Å². The zero-order valence-electron chi connectivity index (χ0n) is 11.7. The van der Waals surface area contributed by atoms with Gasteiger partial charge in [-0.05, 0) is 37.6 Å². The number of benzene rings is 2. The molecule has 20 heavy (non-hydrogen) atoms. The maximum Gasteiger partial charge on any atom is 0.149 e. The number of rotatable bonds is 4. The third kappa shape index (κ3) is 2.90. The molecular weight excluding hydrogens is 260 g/mol. The molecule has 0 heterocycles.